The number of hydrogen-bond donors (Lipinski definition) is 0. The average molecular weight is 305 g/mol. The average Bonchev–Trinajstić information content (AvgIpc) is 2.49. The van der Waals surface area contributed by atoms with Gasteiger partial charge in [0.05, 0.1) is 0 Å². The Hall–Kier alpha value is -1.25. The van der Waals surface area contributed by atoms with Gasteiger partial charge in [-0.15, -0.1) is 0 Å². The molecule has 0 amide bonds. The van der Waals surface area contributed by atoms with Gasteiger partial charge in [-0.2, -0.15) is 11.8 Å². The van der Waals surface area contributed by atoms with Gasteiger partial charge in [0.2, 0.25) is 0 Å². The number of halogens is 1. The Kier molecular flexibility index (Phi) is 6.16. The zero-order valence-corrected chi connectivity index (χ0v) is 12.8. The van der Waals surface area contributed by atoms with E-state index in [1.165, 1.54) is 0 Å². The van der Waals surface area contributed by atoms with Crippen molar-refractivity contribution in [1.29, 1.82) is 0 Å². The summed E-state index contributed by atoms with van der Waals surface area (Å²) >= 11 is 7.92. The van der Waals surface area contributed by atoms with Crippen molar-refractivity contribution in [1.82, 2.24) is 0 Å². The highest BCUT2D eigenvalue weighted by atomic mass is 35.5. The predicted molar refractivity (Wildman–Crippen MR) is 87.6 cm³/mol. The summed E-state index contributed by atoms with van der Waals surface area (Å²) in [6.45, 7) is 0. The van der Waals surface area contributed by atoms with Crippen LogP contribution in [-0.2, 0) is 5.75 Å². The topological polar surface area (TPSA) is 17.1 Å². The number of rotatable bonds is 7. The number of benzene rings is 2. The van der Waals surface area contributed by atoms with Gasteiger partial charge < -0.3 is 0 Å². The van der Waals surface area contributed by atoms with E-state index in [-0.39, 0.29) is 5.78 Å². The Balaban J connectivity index is 1.67. The van der Waals surface area contributed by atoms with Gasteiger partial charge in [-0.3, -0.25) is 4.79 Å². The van der Waals surface area contributed by atoms with Gasteiger partial charge in [-0.25, -0.2) is 0 Å². The van der Waals surface area contributed by atoms with Crippen molar-refractivity contribution in [2.24, 2.45) is 0 Å². The number of ketones is 1. The van der Waals surface area contributed by atoms with Crippen molar-refractivity contribution in [2.75, 3.05) is 5.75 Å². The fourth-order valence-electron chi connectivity index (χ4n) is 1.90. The first-order chi connectivity index (χ1) is 9.77. The molecule has 0 spiro atoms. The SMILES string of the molecule is O=C(CCCSCc1ccccc1Cl)c1ccccc1. The molecule has 0 aromatic heterocycles. The normalized spacial score (nSPS) is 10.4. The molecule has 0 atom stereocenters. The summed E-state index contributed by atoms with van der Waals surface area (Å²) in [5.41, 5.74) is 1.97. The fourth-order valence-corrected chi connectivity index (χ4v) is 3.15. The smallest absolute Gasteiger partial charge is 0.162 e. The quantitative estimate of drug-likeness (QED) is 0.514. The maximum atomic E-state index is 11.9. The van der Waals surface area contributed by atoms with Gasteiger partial charge in [-0.05, 0) is 23.8 Å². The molecule has 1 nitrogen and oxygen atoms in total. The third-order valence-corrected chi connectivity index (χ3v) is 4.46. The maximum Gasteiger partial charge on any atom is 0.162 e. The first kappa shape index (κ1) is 15.1. The minimum Gasteiger partial charge on any atom is -0.294 e. The monoisotopic (exact) mass is 304 g/mol. The van der Waals surface area contributed by atoms with Gasteiger partial charge in [0, 0.05) is 22.8 Å². The van der Waals surface area contributed by atoms with E-state index in [2.05, 4.69) is 0 Å². The van der Waals surface area contributed by atoms with E-state index in [0.29, 0.717) is 6.42 Å². The highest BCUT2D eigenvalue weighted by molar-refractivity contribution is 7.98. The molecule has 104 valence electrons. The molecule has 0 N–H and O–H groups in total. The summed E-state index contributed by atoms with van der Waals surface area (Å²) in [4.78, 5) is 11.9. The van der Waals surface area contributed by atoms with Crippen LogP contribution in [0.1, 0.15) is 28.8 Å². The Morgan fingerprint density at radius 3 is 2.45 bits per heavy atom. The number of hydrogen-bond acceptors (Lipinski definition) is 2. The lowest BCUT2D eigenvalue weighted by atomic mass is 10.1. The first-order valence-corrected chi connectivity index (χ1v) is 8.20. The van der Waals surface area contributed by atoms with E-state index in [1.54, 1.807) is 0 Å². The van der Waals surface area contributed by atoms with Gasteiger partial charge >= 0.3 is 0 Å². The van der Waals surface area contributed by atoms with Crippen molar-refractivity contribution < 1.29 is 4.79 Å². The molecule has 0 fully saturated rings. The standard InChI is InChI=1S/C17H17ClOS/c18-16-10-5-4-9-15(16)13-20-12-6-11-17(19)14-7-2-1-3-8-14/h1-5,7-10H,6,11-13H2. The number of carbonyl (C=O) groups is 1. The van der Waals surface area contributed by atoms with Gasteiger partial charge in [0.25, 0.3) is 0 Å². The lowest BCUT2D eigenvalue weighted by Crippen LogP contribution is -1.99. The molecule has 0 heterocycles. The molecule has 0 unspecified atom stereocenters. The minimum atomic E-state index is 0.226. The fraction of sp³-hybridized carbons (Fsp3) is 0.235. The van der Waals surface area contributed by atoms with E-state index in [4.69, 9.17) is 11.6 Å². The van der Waals surface area contributed by atoms with Crippen LogP contribution < -0.4 is 0 Å². The Bertz CT molecular complexity index is 554. The molecular weight excluding hydrogens is 288 g/mol. The van der Waals surface area contributed by atoms with Crippen LogP contribution >= 0.6 is 23.4 Å². The number of carbonyl (C=O) groups excluding carboxylic acids is 1. The summed E-state index contributed by atoms with van der Waals surface area (Å²) in [7, 11) is 0. The van der Waals surface area contributed by atoms with Crippen LogP contribution in [0.2, 0.25) is 5.02 Å². The van der Waals surface area contributed by atoms with Crippen molar-refractivity contribution >= 4 is 29.1 Å². The molecule has 0 aliphatic rings. The van der Waals surface area contributed by atoms with Crippen LogP contribution in [0.15, 0.2) is 54.6 Å². The summed E-state index contributed by atoms with van der Waals surface area (Å²) < 4.78 is 0. The van der Waals surface area contributed by atoms with Crippen LogP contribution in [0.25, 0.3) is 0 Å². The van der Waals surface area contributed by atoms with Crippen LogP contribution in [0, 0.1) is 0 Å². The second-order valence-corrected chi connectivity index (χ2v) is 6.05. The maximum absolute atomic E-state index is 11.9. The zero-order chi connectivity index (χ0) is 14.2. The summed E-state index contributed by atoms with van der Waals surface area (Å²) in [5.74, 6) is 2.10. The number of thioether (sulfide) groups is 1. The summed E-state index contributed by atoms with van der Waals surface area (Å²) in [6, 6.07) is 17.4. The van der Waals surface area contributed by atoms with Crippen molar-refractivity contribution in [3.8, 4) is 0 Å². The minimum absolute atomic E-state index is 0.226. The predicted octanol–water partition coefficient (Wildman–Crippen LogP) is 5.24. The molecule has 0 aliphatic carbocycles. The molecule has 20 heavy (non-hydrogen) atoms. The van der Waals surface area contributed by atoms with Gasteiger partial charge in [-0.1, -0.05) is 60.1 Å². The van der Waals surface area contributed by atoms with Crippen molar-refractivity contribution in [3.05, 3.63) is 70.7 Å². The number of Topliss-reactive ketones (excluding diaryl/α,β-unsaturated/α-hetero) is 1. The molecule has 2 aromatic rings. The Morgan fingerprint density at radius 2 is 1.70 bits per heavy atom. The Morgan fingerprint density at radius 1 is 1.00 bits per heavy atom. The highest BCUT2D eigenvalue weighted by Crippen LogP contribution is 2.21. The van der Waals surface area contributed by atoms with Crippen LogP contribution in [-0.4, -0.2) is 11.5 Å². The molecule has 0 saturated heterocycles. The lowest BCUT2D eigenvalue weighted by molar-refractivity contribution is 0.0982. The molecular formula is C17H17ClOS. The molecule has 3 heteroatoms. The summed E-state index contributed by atoms with van der Waals surface area (Å²) in [6.07, 6.45) is 1.52. The summed E-state index contributed by atoms with van der Waals surface area (Å²) in [5, 5.41) is 0.820. The van der Waals surface area contributed by atoms with E-state index in [0.717, 1.165) is 34.1 Å². The van der Waals surface area contributed by atoms with Crippen LogP contribution in [0.5, 0.6) is 0 Å². The van der Waals surface area contributed by atoms with Crippen LogP contribution in [0.4, 0.5) is 0 Å². The third kappa shape index (κ3) is 4.69. The second-order valence-electron chi connectivity index (χ2n) is 4.54. The van der Waals surface area contributed by atoms with Crippen molar-refractivity contribution in [2.45, 2.75) is 18.6 Å². The first-order valence-electron chi connectivity index (χ1n) is 6.67. The lowest BCUT2D eigenvalue weighted by Gasteiger charge is -2.04. The van der Waals surface area contributed by atoms with E-state index >= 15 is 0 Å². The van der Waals surface area contributed by atoms with Gasteiger partial charge in [0.15, 0.2) is 5.78 Å². The highest BCUT2D eigenvalue weighted by Gasteiger charge is 2.04. The van der Waals surface area contributed by atoms with Crippen molar-refractivity contribution in [3.63, 3.8) is 0 Å². The molecule has 0 bridgehead atoms. The Labute approximate surface area is 129 Å². The molecule has 0 saturated carbocycles. The zero-order valence-electron chi connectivity index (χ0n) is 11.2. The van der Waals surface area contributed by atoms with E-state index < -0.39 is 0 Å². The van der Waals surface area contributed by atoms with E-state index in [1.807, 2.05) is 66.4 Å². The van der Waals surface area contributed by atoms with Crippen LogP contribution in [0.3, 0.4) is 0 Å². The largest absolute Gasteiger partial charge is 0.294 e. The van der Waals surface area contributed by atoms with Gasteiger partial charge in [0.1, 0.15) is 0 Å². The third-order valence-electron chi connectivity index (χ3n) is 3.00. The molecule has 0 radical (unpaired) electrons. The van der Waals surface area contributed by atoms with E-state index in [9.17, 15) is 4.79 Å². The molecule has 0 aliphatic heterocycles. The molecule has 2 rings (SSSR count). The second kappa shape index (κ2) is 8.13. The molecule has 2 aromatic carbocycles.